The Labute approximate surface area is 261 Å². The highest BCUT2D eigenvalue weighted by atomic mass is 19.1. The van der Waals surface area contributed by atoms with Crippen LogP contribution in [-0.4, -0.2) is 58.4 Å². The van der Waals surface area contributed by atoms with Crippen LogP contribution in [0.5, 0.6) is 0 Å². The van der Waals surface area contributed by atoms with Gasteiger partial charge in [-0.2, -0.15) is 0 Å². The highest BCUT2D eigenvalue weighted by molar-refractivity contribution is 5.90. The van der Waals surface area contributed by atoms with Gasteiger partial charge in [0.2, 0.25) is 11.8 Å². The molecule has 0 aliphatic carbocycles. The van der Waals surface area contributed by atoms with E-state index in [0.29, 0.717) is 69.3 Å². The molecule has 3 N–H and O–H groups in total. The first kappa shape index (κ1) is 31.9. The molecule has 2 aliphatic heterocycles. The third-order valence-corrected chi connectivity index (χ3v) is 9.51. The highest BCUT2D eigenvalue weighted by Crippen LogP contribution is 2.44. The molecule has 1 radical (unpaired) electrons. The van der Waals surface area contributed by atoms with Gasteiger partial charge in [-0.1, -0.05) is 87.0 Å². The SMILES string of the molecule is [CH2]CCC(O)(c1cccc(F)c1-c1cccc(CC)c1)C1CCCN(C(=O)[C@@H]2CCCN2C(=O)[C@@H](N)Cc2ccccc2)C1. The van der Waals surface area contributed by atoms with Crippen molar-refractivity contribution in [3.05, 3.63) is 102 Å². The van der Waals surface area contributed by atoms with Gasteiger partial charge in [-0.05, 0) is 73.3 Å². The molecular weight excluding hydrogens is 553 g/mol. The first-order valence-electron chi connectivity index (χ1n) is 16.1. The van der Waals surface area contributed by atoms with E-state index >= 15 is 4.39 Å². The van der Waals surface area contributed by atoms with Gasteiger partial charge in [0, 0.05) is 31.1 Å². The quantitative estimate of drug-likeness (QED) is 0.316. The number of nitrogens with zero attached hydrogens (tertiary/aromatic N) is 2. The normalized spacial score (nSPS) is 20.8. The smallest absolute Gasteiger partial charge is 0.245 e. The lowest BCUT2D eigenvalue weighted by Crippen LogP contribution is -2.55. The van der Waals surface area contributed by atoms with E-state index in [1.54, 1.807) is 15.9 Å². The largest absolute Gasteiger partial charge is 0.385 e. The summed E-state index contributed by atoms with van der Waals surface area (Å²) in [7, 11) is 0. The number of carbonyl (C=O) groups is 2. The number of hydrogen-bond acceptors (Lipinski definition) is 4. The molecule has 2 aliphatic rings. The Bertz CT molecular complexity index is 1450. The lowest BCUT2D eigenvalue weighted by molar-refractivity contribution is -0.147. The zero-order chi connectivity index (χ0) is 31.3. The van der Waals surface area contributed by atoms with E-state index in [0.717, 1.165) is 29.5 Å². The molecule has 5 rings (SSSR count). The zero-order valence-electron chi connectivity index (χ0n) is 25.8. The van der Waals surface area contributed by atoms with Crippen molar-refractivity contribution in [2.24, 2.45) is 11.7 Å². The molecule has 233 valence electrons. The molecule has 2 amide bonds. The Hall–Kier alpha value is -3.55. The number of aryl methyl sites for hydroxylation is 1. The first-order valence-corrected chi connectivity index (χ1v) is 16.1. The van der Waals surface area contributed by atoms with Crippen LogP contribution in [0.25, 0.3) is 11.1 Å². The summed E-state index contributed by atoms with van der Waals surface area (Å²) in [6.07, 6.45) is 4.76. The molecule has 7 heteroatoms. The molecule has 0 aromatic heterocycles. The third-order valence-electron chi connectivity index (χ3n) is 9.51. The number of rotatable bonds is 10. The van der Waals surface area contributed by atoms with E-state index < -0.39 is 17.7 Å². The standard InChI is InChI=1S/C37H45FN3O3/c1-3-20-37(44,30-17-9-18-31(38)34(30)28-15-8-14-26(4-2)23-28)29-16-10-21-40(25-29)36(43)33-19-11-22-41(33)35(42)32(39)24-27-12-6-5-7-13-27/h5-9,12-15,17-18,23,29,32-33,44H,1,3-4,10-11,16,19-22,24-25,39H2,2H3/t29?,32-,33-,37?/m0/s1. The molecule has 3 aromatic carbocycles. The second kappa shape index (κ2) is 14.0. The number of piperidine rings is 1. The van der Waals surface area contributed by atoms with Crippen LogP contribution in [0.3, 0.4) is 0 Å². The van der Waals surface area contributed by atoms with Gasteiger partial charge in [0.1, 0.15) is 11.9 Å². The summed E-state index contributed by atoms with van der Waals surface area (Å²) in [5, 5.41) is 12.5. The van der Waals surface area contributed by atoms with Crippen molar-refractivity contribution in [1.29, 1.82) is 0 Å². The molecule has 0 saturated carbocycles. The third kappa shape index (κ3) is 6.59. The van der Waals surface area contributed by atoms with Crippen molar-refractivity contribution < 1.29 is 19.1 Å². The van der Waals surface area contributed by atoms with E-state index in [4.69, 9.17) is 5.73 Å². The van der Waals surface area contributed by atoms with Crippen LogP contribution in [0.4, 0.5) is 4.39 Å². The fraction of sp³-hybridized carbons (Fsp3) is 0.432. The van der Waals surface area contributed by atoms with Crippen molar-refractivity contribution >= 4 is 11.8 Å². The van der Waals surface area contributed by atoms with Gasteiger partial charge in [-0.3, -0.25) is 9.59 Å². The van der Waals surface area contributed by atoms with Crippen LogP contribution >= 0.6 is 0 Å². The van der Waals surface area contributed by atoms with Crippen LogP contribution < -0.4 is 5.73 Å². The van der Waals surface area contributed by atoms with Crippen LogP contribution in [0.1, 0.15) is 62.1 Å². The molecule has 0 spiro atoms. The van der Waals surface area contributed by atoms with Crippen LogP contribution in [0.2, 0.25) is 0 Å². The number of benzene rings is 3. The molecule has 44 heavy (non-hydrogen) atoms. The fourth-order valence-electron chi connectivity index (χ4n) is 7.19. The van der Waals surface area contributed by atoms with Gasteiger partial charge in [-0.15, -0.1) is 0 Å². The molecule has 3 aromatic rings. The zero-order valence-corrected chi connectivity index (χ0v) is 25.8. The Morgan fingerprint density at radius 3 is 2.50 bits per heavy atom. The predicted molar refractivity (Wildman–Crippen MR) is 172 cm³/mol. The summed E-state index contributed by atoms with van der Waals surface area (Å²) in [5.41, 5.74) is 8.72. The predicted octanol–water partition coefficient (Wildman–Crippen LogP) is 5.66. The number of nitrogens with two attached hydrogens (primary N) is 1. The van der Waals surface area contributed by atoms with Crippen molar-refractivity contribution in [2.45, 2.75) is 76.0 Å². The van der Waals surface area contributed by atoms with E-state index in [1.165, 1.54) is 6.07 Å². The van der Waals surface area contributed by atoms with Crippen LogP contribution in [0, 0.1) is 18.7 Å². The summed E-state index contributed by atoms with van der Waals surface area (Å²) in [6.45, 7) is 7.49. The molecule has 6 nitrogen and oxygen atoms in total. The average Bonchev–Trinajstić information content (AvgIpc) is 3.54. The van der Waals surface area contributed by atoms with Gasteiger partial charge in [0.25, 0.3) is 0 Å². The monoisotopic (exact) mass is 598 g/mol. The lowest BCUT2D eigenvalue weighted by atomic mass is 9.72. The molecule has 2 saturated heterocycles. The maximum atomic E-state index is 15.6. The minimum absolute atomic E-state index is 0.0976. The second-order valence-corrected chi connectivity index (χ2v) is 12.4. The topological polar surface area (TPSA) is 86.9 Å². The van der Waals surface area contributed by atoms with E-state index in [1.807, 2.05) is 60.7 Å². The van der Waals surface area contributed by atoms with Gasteiger partial charge >= 0.3 is 0 Å². The minimum atomic E-state index is -1.39. The van der Waals surface area contributed by atoms with Crippen molar-refractivity contribution in [2.75, 3.05) is 19.6 Å². The van der Waals surface area contributed by atoms with Crippen molar-refractivity contribution in [3.8, 4) is 11.1 Å². The lowest BCUT2D eigenvalue weighted by Gasteiger charge is -2.44. The van der Waals surface area contributed by atoms with Gasteiger partial charge < -0.3 is 20.6 Å². The number of likely N-dealkylation sites (tertiary alicyclic amines) is 2. The molecule has 2 heterocycles. The molecule has 2 unspecified atom stereocenters. The molecule has 0 bridgehead atoms. The van der Waals surface area contributed by atoms with Gasteiger partial charge in [0.05, 0.1) is 11.6 Å². The van der Waals surface area contributed by atoms with Gasteiger partial charge in [0.15, 0.2) is 0 Å². The summed E-state index contributed by atoms with van der Waals surface area (Å²) in [4.78, 5) is 30.9. The van der Waals surface area contributed by atoms with Crippen LogP contribution in [0.15, 0.2) is 72.8 Å². The van der Waals surface area contributed by atoms with Crippen molar-refractivity contribution in [1.82, 2.24) is 9.80 Å². The number of halogens is 1. The maximum absolute atomic E-state index is 15.6. The molecule has 2 fully saturated rings. The Kier molecular flexibility index (Phi) is 10.2. The summed E-state index contributed by atoms with van der Waals surface area (Å²) < 4.78 is 15.6. The number of aliphatic hydroxyl groups is 1. The van der Waals surface area contributed by atoms with Crippen molar-refractivity contribution in [3.63, 3.8) is 0 Å². The van der Waals surface area contributed by atoms with E-state index in [2.05, 4.69) is 13.8 Å². The van der Waals surface area contributed by atoms with E-state index in [-0.39, 0.29) is 23.5 Å². The van der Waals surface area contributed by atoms with Crippen LogP contribution in [-0.2, 0) is 28.0 Å². The van der Waals surface area contributed by atoms with E-state index in [9.17, 15) is 14.7 Å². The average molecular weight is 599 g/mol. The summed E-state index contributed by atoms with van der Waals surface area (Å²) in [5.74, 6) is -0.998. The minimum Gasteiger partial charge on any atom is -0.385 e. The maximum Gasteiger partial charge on any atom is 0.245 e. The Morgan fingerprint density at radius 1 is 1.02 bits per heavy atom. The summed E-state index contributed by atoms with van der Waals surface area (Å²) in [6, 6.07) is 21.1. The molecule has 4 atom stereocenters. The Balaban J connectivity index is 1.38. The summed E-state index contributed by atoms with van der Waals surface area (Å²) >= 11 is 0. The number of amides is 2. The second-order valence-electron chi connectivity index (χ2n) is 12.4. The number of carbonyl (C=O) groups excluding carboxylic acids is 2. The fourth-order valence-corrected chi connectivity index (χ4v) is 7.19. The Morgan fingerprint density at radius 2 is 1.75 bits per heavy atom. The first-order chi connectivity index (χ1) is 21.3. The number of hydrogen-bond donors (Lipinski definition) is 2. The van der Waals surface area contributed by atoms with Gasteiger partial charge in [-0.25, -0.2) is 4.39 Å². The highest BCUT2D eigenvalue weighted by Gasteiger charge is 2.45. The molecular formula is C37H45FN3O3.